The molecule has 0 saturated carbocycles. The van der Waals surface area contributed by atoms with Gasteiger partial charge < -0.3 is 10.6 Å². The van der Waals surface area contributed by atoms with Crippen LogP contribution < -0.4 is 10.6 Å². The van der Waals surface area contributed by atoms with Crippen molar-refractivity contribution in [3.05, 3.63) is 74.8 Å². The van der Waals surface area contributed by atoms with Crippen molar-refractivity contribution in [2.75, 3.05) is 11.9 Å². The molecule has 2 N–H and O–H groups in total. The Morgan fingerprint density at radius 3 is 2.60 bits per heavy atom. The van der Waals surface area contributed by atoms with Crippen LogP contribution in [0, 0.1) is 24.0 Å². The molecule has 154 valence electrons. The number of benzene rings is 2. The predicted molar refractivity (Wildman–Crippen MR) is 115 cm³/mol. The van der Waals surface area contributed by atoms with Crippen molar-refractivity contribution < 1.29 is 14.5 Å². The largest absolute Gasteiger partial charge is 0.347 e. The van der Waals surface area contributed by atoms with Crippen LogP contribution >= 0.6 is 11.3 Å². The van der Waals surface area contributed by atoms with Crippen LogP contribution in [0.25, 0.3) is 10.6 Å². The molecular formula is C21H20N4O4S. The third-order valence-electron chi connectivity index (χ3n) is 4.32. The fraction of sp³-hybridized carbons (Fsp3) is 0.190. The third kappa shape index (κ3) is 5.26. The molecule has 0 aliphatic rings. The lowest BCUT2D eigenvalue weighted by Gasteiger charge is -2.06. The van der Waals surface area contributed by atoms with Crippen LogP contribution in [0.2, 0.25) is 0 Å². The number of rotatable bonds is 6. The average molecular weight is 424 g/mol. The fourth-order valence-corrected chi connectivity index (χ4v) is 3.87. The van der Waals surface area contributed by atoms with Gasteiger partial charge in [0.2, 0.25) is 0 Å². The van der Waals surface area contributed by atoms with Crippen LogP contribution in [0.15, 0.2) is 48.5 Å². The number of carbonyl (C=O) groups is 2. The first-order chi connectivity index (χ1) is 14.3. The van der Waals surface area contributed by atoms with E-state index < -0.39 is 16.7 Å². The number of carbonyl (C=O) groups excluding carboxylic acids is 2. The van der Waals surface area contributed by atoms with Crippen molar-refractivity contribution >= 4 is 34.5 Å². The van der Waals surface area contributed by atoms with Gasteiger partial charge in [-0.15, -0.1) is 11.3 Å². The summed E-state index contributed by atoms with van der Waals surface area (Å²) in [6.45, 7) is 4.22. The number of anilines is 1. The first-order valence-corrected chi connectivity index (χ1v) is 10.0. The predicted octanol–water partition coefficient (Wildman–Crippen LogP) is 3.63. The Kier molecular flexibility index (Phi) is 6.53. The smallest absolute Gasteiger partial charge is 0.313 e. The standard InChI is InChI=1S/C21H20N4O4S/c1-13-5-3-6-15(11-13)21-23-14(2)18(30-21)9-10-22-19(26)20(27)24-16-7-4-8-17(12-16)25(28)29/h3-8,11-12H,9-10H2,1-2H3,(H,22,26)(H,24,27). The highest BCUT2D eigenvalue weighted by Crippen LogP contribution is 2.28. The van der Waals surface area contributed by atoms with Gasteiger partial charge >= 0.3 is 11.8 Å². The lowest BCUT2D eigenvalue weighted by Crippen LogP contribution is -2.36. The zero-order valence-electron chi connectivity index (χ0n) is 16.5. The van der Waals surface area contributed by atoms with Crippen molar-refractivity contribution in [3.8, 4) is 10.6 Å². The fourth-order valence-electron chi connectivity index (χ4n) is 2.82. The highest BCUT2D eigenvalue weighted by Gasteiger charge is 2.16. The second-order valence-corrected chi connectivity index (χ2v) is 7.75. The minimum Gasteiger partial charge on any atom is -0.347 e. The van der Waals surface area contributed by atoms with Crippen LogP contribution in [0.5, 0.6) is 0 Å². The van der Waals surface area contributed by atoms with Crippen LogP contribution in [0.1, 0.15) is 16.1 Å². The Balaban J connectivity index is 1.55. The second-order valence-electron chi connectivity index (χ2n) is 6.66. The van der Waals surface area contributed by atoms with E-state index in [4.69, 9.17) is 0 Å². The lowest BCUT2D eigenvalue weighted by atomic mass is 10.1. The first kappa shape index (κ1) is 21.1. The Labute approximate surface area is 177 Å². The van der Waals surface area contributed by atoms with E-state index in [1.165, 1.54) is 24.3 Å². The molecule has 0 bridgehead atoms. The molecule has 8 nitrogen and oxygen atoms in total. The minimum atomic E-state index is -0.878. The van der Waals surface area contributed by atoms with Gasteiger partial charge in [0.15, 0.2) is 0 Å². The number of nitro benzene ring substituents is 1. The van der Waals surface area contributed by atoms with E-state index in [2.05, 4.69) is 21.7 Å². The highest BCUT2D eigenvalue weighted by atomic mass is 32.1. The van der Waals surface area contributed by atoms with Crippen molar-refractivity contribution in [1.82, 2.24) is 10.3 Å². The van der Waals surface area contributed by atoms with Crippen LogP contribution in [0.4, 0.5) is 11.4 Å². The number of non-ortho nitro benzene ring substituents is 1. The third-order valence-corrected chi connectivity index (χ3v) is 5.58. The molecule has 3 aromatic rings. The van der Waals surface area contributed by atoms with Gasteiger partial charge in [-0.05, 0) is 26.0 Å². The minimum absolute atomic E-state index is 0.168. The summed E-state index contributed by atoms with van der Waals surface area (Å²) in [5.74, 6) is -1.68. The number of hydrogen-bond donors (Lipinski definition) is 2. The molecule has 0 fully saturated rings. The van der Waals surface area contributed by atoms with Gasteiger partial charge in [-0.3, -0.25) is 19.7 Å². The second kappa shape index (κ2) is 9.27. The summed E-state index contributed by atoms with van der Waals surface area (Å²) >= 11 is 1.56. The SMILES string of the molecule is Cc1cccc(-c2nc(C)c(CCNC(=O)C(=O)Nc3cccc([N+](=O)[O-])c3)s2)c1. The highest BCUT2D eigenvalue weighted by molar-refractivity contribution is 7.15. The van der Waals surface area contributed by atoms with E-state index in [0.717, 1.165) is 26.7 Å². The number of hydrogen-bond acceptors (Lipinski definition) is 6. The Morgan fingerprint density at radius 2 is 1.87 bits per heavy atom. The number of nitrogens with zero attached hydrogens (tertiary/aromatic N) is 2. The van der Waals surface area contributed by atoms with E-state index in [1.54, 1.807) is 11.3 Å². The molecule has 9 heteroatoms. The summed E-state index contributed by atoms with van der Waals surface area (Å²) in [6, 6.07) is 13.5. The van der Waals surface area contributed by atoms with Gasteiger partial charge in [0.1, 0.15) is 5.01 Å². The van der Waals surface area contributed by atoms with E-state index in [1.807, 2.05) is 32.0 Å². The molecule has 0 spiro atoms. The maximum Gasteiger partial charge on any atom is 0.313 e. The topological polar surface area (TPSA) is 114 Å². The summed E-state index contributed by atoms with van der Waals surface area (Å²) in [7, 11) is 0. The zero-order chi connectivity index (χ0) is 21.7. The van der Waals surface area contributed by atoms with Gasteiger partial charge in [-0.25, -0.2) is 4.98 Å². The monoisotopic (exact) mass is 424 g/mol. The van der Waals surface area contributed by atoms with Gasteiger partial charge in [0, 0.05) is 41.2 Å². The molecule has 30 heavy (non-hydrogen) atoms. The number of aryl methyl sites for hydroxylation is 2. The lowest BCUT2D eigenvalue weighted by molar-refractivity contribution is -0.384. The number of thiazole rings is 1. The number of amides is 2. The summed E-state index contributed by atoms with van der Waals surface area (Å²) in [5, 5.41) is 16.6. The van der Waals surface area contributed by atoms with Crippen LogP contribution in [0.3, 0.4) is 0 Å². The first-order valence-electron chi connectivity index (χ1n) is 9.20. The molecule has 1 aromatic heterocycles. The van der Waals surface area contributed by atoms with Gasteiger partial charge in [-0.1, -0.05) is 29.8 Å². The summed E-state index contributed by atoms with van der Waals surface area (Å²) in [4.78, 5) is 39.9. The Morgan fingerprint density at radius 1 is 1.10 bits per heavy atom. The van der Waals surface area contributed by atoms with Crippen molar-refractivity contribution in [3.63, 3.8) is 0 Å². The summed E-state index contributed by atoms with van der Waals surface area (Å²) in [6.07, 6.45) is 0.547. The molecule has 0 radical (unpaired) electrons. The number of nitrogens with one attached hydrogen (secondary N) is 2. The van der Waals surface area contributed by atoms with Crippen molar-refractivity contribution in [1.29, 1.82) is 0 Å². The van der Waals surface area contributed by atoms with E-state index in [9.17, 15) is 19.7 Å². The maximum atomic E-state index is 12.0. The zero-order valence-corrected chi connectivity index (χ0v) is 17.3. The normalized spacial score (nSPS) is 10.5. The molecule has 0 aliphatic heterocycles. The van der Waals surface area contributed by atoms with E-state index in [0.29, 0.717) is 6.42 Å². The van der Waals surface area contributed by atoms with E-state index in [-0.39, 0.29) is 17.9 Å². The average Bonchev–Trinajstić information content (AvgIpc) is 3.08. The maximum absolute atomic E-state index is 12.0. The van der Waals surface area contributed by atoms with Gasteiger partial charge in [0.05, 0.1) is 10.6 Å². The number of nitro groups is 1. The summed E-state index contributed by atoms with van der Waals surface area (Å²) in [5.41, 5.74) is 3.12. The molecule has 0 unspecified atom stereocenters. The van der Waals surface area contributed by atoms with Crippen LogP contribution in [-0.2, 0) is 16.0 Å². The molecular weight excluding hydrogens is 404 g/mol. The molecule has 0 atom stereocenters. The van der Waals surface area contributed by atoms with Gasteiger partial charge in [-0.2, -0.15) is 0 Å². The quantitative estimate of drug-likeness (QED) is 0.356. The Hall–Kier alpha value is -3.59. The van der Waals surface area contributed by atoms with Crippen molar-refractivity contribution in [2.45, 2.75) is 20.3 Å². The van der Waals surface area contributed by atoms with Gasteiger partial charge in [0.25, 0.3) is 5.69 Å². The molecule has 0 saturated heterocycles. The molecule has 1 heterocycles. The molecule has 0 aliphatic carbocycles. The molecule has 2 amide bonds. The summed E-state index contributed by atoms with van der Waals surface area (Å²) < 4.78 is 0. The Bertz CT molecular complexity index is 1110. The molecule has 3 rings (SSSR count). The van der Waals surface area contributed by atoms with Crippen molar-refractivity contribution in [2.24, 2.45) is 0 Å². The van der Waals surface area contributed by atoms with E-state index >= 15 is 0 Å². The molecule has 2 aromatic carbocycles. The number of aromatic nitrogens is 1. The van der Waals surface area contributed by atoms with Crippen LogP contribution in [-0.4, -0.2) is 28.3 Å².